The van der Waals surface area contributed by atoms with Crippen LogP contribution in [0.25, 0.3) is 0 Å². The van der Waals surface area contributed by atoms with E-state index in [0.29, 0.717) is 11.4 Å². The molecule has 0 spiro atoms. The van der Waals surface area contributed by atoms with Crippen LogP contribution in [0.3, 0.4) is 0 Å². The molecule has 0 radical (unpaired) electrons. The number of halogens is 2. The molecule has 9 heteroatoms. The van der Waals surface area contributed by atoms with Crippen molar-refractivity contribution in [2.75, 3.05) is 16.0 Å². The molecule has 0 aliphatic heterocycles. The number of amides is 2. The molecule has 1 aromatic heterocycles. The molecule has 142 valence electrons. The van der Waals surface area contributed by atoms with E-state index in [2.05, 4.69) is 25.9 Å². The summed E-state index contributed by atoms with van der Waals surface area (Å²) in [5.74, 6) is -2.74. The van der Waals surface area contributed by atoms with Crippen molar-refractivity contribution >= 4 is 34.8 Å². The summed E-state index contributed by atoms with van der Waals surface area (Å²) < 4.78 is 26.2. The molecule has 7 nitrogen and oxygen atoms in total. The zero-order valence-electron chi connectivity index (χ0n) is 14.7. The van der Waals surface area contributed by atoms with Gasteiger partial charge in [0.1, 0.15) is 5.69 Å². The van der Waals surface area contributed by atoms with Crippen molar-refractivity contribution in [3.8, 4) is 0 Å². The van der Waals surface area contributed by atoms with Crippen LogP contribution < -0.4 is 16.0 Å². The molecule has 0 fully saturated rings. The van der Waals surface area contributed by atoms with Gasteiger partial charge in [-0.2, -0.15) is 0 Å². The van der Waals surface area contributed by atoms with Crippen LogP contribution in [0, 0.1) is 11.6 Å². The first-order valence-electron chi connectivity index (χ1n) is 8.15. The lowest BCUT2D eigenvalue weighted by Gasteiger charge is -2.09. The van der Waals surface area contributed by atoms with Gasteiger partial charge in [-0.1, -0.05) is 6.07 Å². The molecule has 0 aliphatic carbocycles. The SMILES string of the molecule is CC(=O)Nc1cccc(Nc2nccc(C(=O)Nc3ccc(F)c(F)c3)n2)c1. The monoisotopic (exact) mass is 383 g/mol. The third-order valence-electron chi connectivity index (χ3n) is 3.50. The topological polar surface area (TPSA) is 96.0 Å². The van der Waals surface area contributed by atoms with E-state index in [0.717, 1.165) is 12.1 Å². The number of hydrogen-bond acceptors (Lipinski definition) is 5. The summed E-state index contributed by atoms with van der Waals surface area (Å²) in [5.41, 5.74) is 1.31. The highest BCUT2D eigenvalue weighted by Crippen LogP contribution is 2.19. The van der Waals surface area contributed by atoms with Crippen molar-refractivity contribution in [2.45, 2.75) is 6.92 Å². The lowest BCUT2D eigenvalue weighted by molar-refractivity contribution is -0.114. The smallest absolute Gasteiger partial charge is 0.274 e. The standard InChI is InChI=1S/C19H15F2N5O2/c1-11(27)23-12-3-2-4-13(9-12)25-19-22-8-7-17(26-19)18(28)24-14-5-6-15(20)16(21)10-14/h2-10H,1H3,(H,23,27)(H,24,28)(H,22,25,26). The molecule has 2 amide bonds. The molecule has 0 aliphatic rings. The molecule has 3 N–H and O–H groups in total. The van der Waals surface area contributed by atoms with Crippen LogP contribution in [-0.2, 0) is 4.79 Å². The van der Waals surface area contributed by atoms with Gasteiger partial charge in [-0.15, -0.1) is 0 Å². The summed E-state index contributed by atoms with van der Waals surface area (Å²) in [7, 11) is 0. The van der Waals surface area contributed by atoms with E-state index >= 15 is 0 Å². The number of anilines is 4. The average Bonchev–Trinajstić information content (AvgIpc) is 2.65. The molecule has 0 saturated heterocycles. The average molecular weight is 383 g/mol. The molecular formula is C19H15F2N5O2. The molecule has 1 heterocycles. The molecule has 0 bridgehead atoms. The normalized spacial score (nSPS) is 10.2. The van der Waals surface area contributed by atoms with Gasteiger partial charge in [-0.05, 0) is 36.4 Å². The largest absolute Gasteiger partial charge is 0.326 e. The fourth-order valence-corrected chi connectivity index (χ4v) is 2.32. The number of carbonyl (C=O) groups excluding carboxylic acids is 2. The summed E-state index contributed by atoms with van der Waals surface area (Å²) in [6.45, 7) is 1.40. The molecular weight excluding hydrogens is 368 g/mol. The predicted octanol–water partition coefficient (Wildman–Crippen LogP) is 3.71. The van der Waals surface area contributed by atoms with Crippen molar-refractivity contribution < 1.29 is 18.4 Å². The van der Waals surface area contributed by atoms with E-state index in [1.54, 1.807) is 24.3 Å². The van der Waals surface area contributed by atoms with E-state index in [-0.39, 0.29) is 23.2 Å². The van der Waals surface area contributed by atoms with Gasteiger partial charge in [0.2, 0.25) is 11.9 Å². The van der Waals surface area contributed by atoms with Gasteiger partial charge < -0.3 is 16.0 Å². The minimum atomic E-state index is -1.07. The van der Waals surface area contributed by atoms with E-state index in [1.807, 2.05) is 0 Å². The first kappa shape index (κ1) is 18.9. The Hall–Kier alpha value is -3.88. The van der Waals surface area contributed by atoms with E-state index in [4.69, 9.17) is 0 Å². The zero-order valence-corrected chi connectivity index (χ0v) is 14.7. The Bertz CT molecular complexity index is 1040. The molecule has 3 aromatic rings. The molecule has 2 aromatic carbocycles. The molecule has 0 atom stereocenters. The Balaban J connectivity index is 1.73. The van der Waals surface area contributed by atoms with Gasteiger partial charge in [-0.3, -0.25) is 9.59 Å². The maximum Gasteiger partial charge on any atom is 0.274 e. The molecule has 3 rings (SSSR count). The van der Waals surface area contributed by atoms with E-state index < -0.39 is 17.5 Å². The van der Waals surface area contributed by atoms with Crippen LogP contribution >= 0.6 is 0 Å². The predicted molar refractivity (Wildman–Crippen MR) is 100 cm³/mol. The highest BCUT2D eigenvalue weighted by Gasteiger charge is 2.11. The van der Waals surface area contributed by atoms with Gasteiger partial charge in [0, 0.05) is 36.2 Å². The van der Waals surface area contributed by atoms with Crippen LogP contribution in [0.15, 0.2) is 54.7 Å². The van der Waals surface area contributed by atoms with Gasteiger partial charge in [-0.25, -0.2) is 18.7 Å². The van der Waals surface area contributed by atoms with Crippen molar-refractivity contribution in [2.24, 2.45) is 0 Å². The van der Waals surface area contributed by atoms with Crippen molar-refractivity contribution in [1.29, 1.82) is 0 Å². The third-order valence-corrected chi connectivity index (χ3v) is 3.50. The highest BCUT2D eigenvalue weighted by molar-refractivity contribution is 6.03. The van der Waals surface area contributed by atoms with Crippen molar-refractivity contribution in [1.82, 2.24) is 9.97 Å². The Kier molecular flexibility index (Phi) is 5.54. The maximum absolute atomic E-state index is 13.3. The number of carbonyl (C=O) groups is 2. The summed E-state index contributed by atoms with van der Waals surface area (Å²) in [6.07, 6.45) is 1.38. The van der Waals surface area contributed by atoms with Crippen LogP contribution in [0.4, 0.5) is 31.8 Å². The van der Waals surface area contributed by atoms with Crippen molar-refractivity contribution in [3.63, 3.8) is 0 Å². The lowest BCUT2D eigenvalue weighted by Crippen LogP contribution is -2.15. The lowest BCUT2D eigenvalue weighted by atomic mass is 10.2. The number of rotatable bonds is 5. The van der Waals surface area contributed by atoms with Crippen LogP contribution in [0.2, 0.25) is 0 Å². The summed E-state index contributed by atoms with van der Waals surface area (Å²) in [6, 6.07) is 11.3. The highest BCUT2D eigenvalue weighted by atomic mass is 19.2. The Morgan fingerprint density at radius 3 is 2.39 bits per heavy atom. The Morgan fingerprint density at radius 2 is 1.64 bits per heavy atom. The van der Waals surface area contributed by atoms with E-state index in [9.17, 15) is 18.4 Å². The van der Waals surface area contributed by atoms with Gasteiger partial charge in [0.25, 0.3) is 5.91 Å². The first-order valence-corrected chi connectivity index (χ1v) is 8.15. The number of hydrogen-bond donors (Lipinski definition) is 3. The van der Waals surface area contributed by atoms with Crippen molar-refractivity contribution in [3.05, 3.63) is 72.1 Å². The van der Waals surface area contributed by atoms with Gasteiger partial charge in [0.05, 0.1) is 0 Å². The Morgan fingerprint density at radius 1 is 0.893 bits per heavy atom. The third kappa shape index (κ3) is 4.85. The van der Waals surface area contributed by atoms with Gasteiger partial charge >= 0.3 is 0 Å². The Labute approximate surface area is 158 Å². The van der Waals surface area contributed by atoms with E-state index in [1.165, 1.54) is 25.3 Å². The maximum atomic E-state index is 13.3. The fraction of sp³-hybridized carbons (Fsp3) is 0.0526. The van der Waals surface area contributed by atoms with Crippen LogP contribution in [-0.4, -0.2) is 21.8 Å². The van der Waals surface area contributed by atoms with Crippen LogP contribution in [0.5, 0.6) is 0 Å². The van der Waals surface area contributed by atoms with Crippen LogP contribution in [0.1, 0.15) is 17.4 Å². The second kappa shape index (κ2) is 8.21. The summed E-state index contributed by atoms with van der Waals surface area (Å²) >= 11 is 0. The quantitative estimate of drug-likeness (QED) is 0.624. The summed E-state index contributed by atoms with van der Waals surface area (Å²) in [4.78, 5) is 31.6. The van der Waals surface area contributed by atoms with Gasteiger partial charge in [0.15, 0.2) is 11.6 Å². The minimum Gasteiger partial charge on any atom is -0.326 e. The zero-order chi connectivity index (χ0) is 20.1. The molecule has 0 saturated carbocycles. The number of aromatic nitrogens is 2. The first-order chi connectivity index (χ1) is 13.4. The number of nitrogens with one attached hydrogen (secondary N) is 3. The number of nitrogens with zero attached hydrogens (tertiary/aromatic N) is 2. The second-order valence-electron chi connectivity index (χ2n) is 5.74. The fourth-order valence-electron chi connectivity index (χ4n) is 2.32. The molecule has 28 heavy (non-hydrogen) atoms. The minimum absolute atomic E-state index is 0.0280. The summed E-state index contributed by atoms with van der Waals surface area (Å²) in [5, 5.41) is 8.02. The number of benzene rings is 2. The molecule has 0 unspecified atom stereocenters. The second-order valence-corrected chi connectivity index (χ2v) is 5.74.